The van der Waals surface area contributed by atoms with Gasteiger partial charge in [-0.15, -0.1) is 0 Å². The molecule has 1 aromatic heterocycles. The number of amides is 1. The number of carbonyl (C=O) groups is 1. The Bertz CT molecular complexity index is 794. The number of rotatable bonds is 3. The van der Waals surface area contributed by atoms with Gasteiger partial charge in [-0.3, -0.25) is 4.79 Å². The number of nitrogens with zero attached hydrogens (tertiary/aromatic N) is 1. The van der Waals surface area contributed by atoms with E-state index in [1.54, 1.807) is 6.92 Å². The smallest absolute Gasteiger partial charge is 0.261 e. The molecule has 21 heavy (non-hydrogen) atoms. The van der Waals surface area contributed by atoms with E-state index < -0.39 is 21.7 Å². The molecule has 1 heterocycles. The van der Waals surface area contributed by atoms with Crippen LogP contribution in [0.5, 0.6) is 0 Å². The summed E-state index contributed by atoms with van der Waals surface area (Å²) in [7, 11) is -4.11. The molecule has 0 aliphatic rings. The van der Waals surface area contributed by atoms with Crippen LogP contribution >= 0.6 is 0 Å². The number of carbonyl (C=O) groups excluding carboxylic acids is 1. The van der Waals surface area contributed by atoms with Gasteiger partial charge in [0.05, 0.1) is 11.4 Å². The molecule has 0 saturated carbocycles. The summed E-state index contributed by atoms with van der Waals surface area (Å²) in [6, 6.07) is 2.79. The normalized spacial score (nSPS) is 11.4. The second-order valence-electron chi connectivity index (χ2n) is 4.34. The number of nitrogens with two attached hydrogens (primary N) is 1. The quantitative estimate of drug-likeness (QED) is 0.887. The minimum Gasteiger partial charge on any atom is -0.361 e. The largest absolute Gasteiger partial charge is 0.361 e. The minimum absolute atomic E-state index is 0.152. The first-order valence-corrected chi connectivity index (χ1v) is 7.31. The SMILES string of the molecule is Cc1noc(C)c1C(=O)Nc1cc(F)ccc1S(N)(=O)=O. The van der Waals surface area contributed by atoms with Gasteiger partial charge in [-0.25, -0.2) is 17.9 Å². The first-order valence-electron chi connectivity index (χ1n) is 5.76. The Hall–Kier alpha value is -2.26. The van der Waals surface area contributed by atoms with Crippen LogP contribution in [-0.4, -0.2) is 19.5 Å². The van der Waals surface area contributed by atoms with Gasteiger partial charge in [-0.1, -0.05) is 5.16 Å². The van der Waals surface area contributed by atoms with Crippen molar-refractivity contribution in [3.8, 4) is 0 Å². The predicted octanol–water partition coefficient (Wildman–Crippen LogP) is 1.33. The first-order chi connectivity index (χ1) is 9.70. The maximum absolute atomic E-state index is 13.3. The van der Waals surface area contributed by atoms with Gasteiger partial charge < -0.3 is 9.84 Å². The monoisotopic (exact) mass is 313 g/mol. The second kappa shape index (κ2) is 5.26. The molecule has 0 atom stereocenters. The molecule has 0 aliphatic heterocycles. The van der Waals surface area contributed by atoms with Gasteiger partial charge in [-0.05, 0) is 32.0 Å². The van der Waals surface area contributed by atoms with Crippen molar-refractivity contribution < 1.29 is 22.1 Å². The zero-order valence-corrected chi connectivity index (χ0v) is 12.0. The number of hydrogen-bond donors (Lipinski definition) is 2. The fraction of sp³-hybridized carbons (Fsp3) is 0.167. The molecule has 0 bridgehead atoms. The molecular formula is C12H12FN3O4S. The molecule has 2 rings (SSSR count). The number of hydrogen-bond acceptors (Lipinski definition) is 5. The Morgan fingerprint density at radius 3 is 2.57 bits per heavy atom. The van der Waals surface area contributed by atoms with Crippen molar-refractivity contribution in [1.29, 1.82) is 0 Å². The average molecular weight is 313 g/mol. The topological polar surface area (TPSA) is 115 Å². The summed E-state index contributed by atoms with van der Waals surface area (Å²) in [6.07, 6.45) is 0. The van der Waals surface area contributed by atoms with Crippen molar-refractivity contribution in [2.24, 2.45) is 5.14 Å². The van der Waals surface area contributed by atoms with Gasteiger partial charge in [0, 0.05) is 0 Å². The molecule has 0 fully saturated rings. The Kier molecular flexibility index (Phi) is 3.79. The molecule has 112 valence electrons. The van der Waals surface area contributed by atoms with Crippen molar-refractivity contribution in [2.75, 3.05) is 5.32 Å². The highest BCUT2D eigenvalue weighted by Crippen LogP contribution is 2.23. The molecule has 0 saturated heterocycles. The molecule has 0 unspecified atom stereocenters. The van der Waals surface area contributed by atoms with Crippen LogP contribution in [0.3, 0.4) is 0 Å². The van der Waals surface area contributed by atoms with E-state index >= 15 is 0 Å². The van der Waals surface area contributed by atoms with E-state index in [1.807, 2.05) is 0 Å². The third kappa shape index (κ3) is 3.09. The van der Waals surface area contributed by atoms with Crippen LogP contribution in [0.15, 0.2) is 27.6 Å². The molecule has 1 amide bonds. The lowest BCUT2D eigenvalue weighted by molar-refractivity contribution is 0.102. The predicted molar refractivity (Wildman–Crippen MR) is 71.7 cm³/mol. The van der Waals surface area contributed by atoms with Crippen molar-refractivity contribution >= 4 is 21.6 Å². The summed E-state index contributed by atoms with van der Waals surface area (Å²) in [5, 5.41) is 10.9. The first kappa shape index (κ1) is 15.1. The maximum Gasteiger partial charge on any atom is 0.261 e. The second-order valence-corrected chi connectivity index (χ2v) is 5.87. The lowest BCUT2D eigenvalue weighted by atomic mass is 10.2. The number of primary sulfonamides is 1. The molecule has 0 spiro atoms. The lowest BCUT2D eigenvalue weighted by Crippen LogP contribution is -2.19. The van der Waals surface area contributed by atoms with E-state index in [-0.39, 0.29) is 21.9 Å². The van der Waals surface area contributed by atoms with E-state index in [1.165, 1.54) is 6.92 Å². The van der Waals surface area contributed by atoms with Crippen molar-refractivity contribution in [3.05, 3.63) is 41.0 Å². The Balaban J connectivity index is 2.45. The van der Waals surface area contributed by atoms with E-state index in [0.29, 0.717) is 5.69 Å². The summed E-state index contributed by atoms with van der Waals surface area (Å²) >= 11 is 0. The maximum atomic E-state index is 13.3. The summed E-state index contributed by atoms with van der Waals surface area (Å²) in [5.41, 5.74) is 0.237. The van der Waals surface area contributed by atoms with E-state index in [9.17, 15) is 17.6 Å². The summed E-state index contributed by atoms with van der Waals surface area (Å²) in [4.78, 5) is 11.8. The Labute approximate surface area is 120 Å². The lowest BCUT2D eigenvalue weighted by Gasteiger charge is -2.09. The Morgan fingerprint density at radius 1 is 1.38 bits per heavy atom. The Morgan fingerprint density at radius 2 is 2.05 bits per heavy atom. The number of aromatic nitrogens is 1. The number of benzene rings is 1. The number of nitrogens with one attached hydrogen (secondary N) is 1. The molecule has 0 radical (unpaired) electrons. The fourth-order valence-electron chi connectivity index (χ4n) is 1.84. The highest BCUT2D eigenvalue weighted by molar-refractivity contribution is 7.89. The van der Waals surface area contributed by atoms with Gasteiger partial charge in [0.2, 0.25) is 10.0 Å². The van der Waals surface area contributed by atoms with Crippen LogP contribution in [-0.2, 0) is 10.0 Å². The number of sulfonamides is 1. The minimum atomic E-state index is -4.11. The fourth-order valence-corrected chi connectivity index (χ4v) is 2.51. The average Bonchev–Trinajstić information content (AvgIpc) is 2.67. The van der Waals surface area contributed by atoms with Crippen LogP contribution in [0.1, 0.15) is 21.8 Å². The van der Waals surface area contributed by atoms with Gasteiger partial charge in [0.1, 0.15) is 22.0 Å². The number of halogens is 1. The summed E-state index contributed by atoms with van der Waals surface area (Å²) < 4.78 is 41.0. The van der Waals surface area contributed by atoms with Crippen molar-refractivity contribution in [1.82, 2.24) is 5.16 Å². The highest BCUT2D eigenvalue weighted by atomic mass is 32.2. The molecule has 7 nitrogen and oxygen atoms in total. The van der Waals surface area contributed by atoms with Gasteiger partial charge in [0.15, 0.2) is 0 Å². The number of anilines is 1. The van der Waals surface area contributed by atoms with Crippen LogP contribution in [0.4, 0.5) is 10.1 Å². The molecule has 0 aliphatic carbocycles. The van der Waals surface area contributed by atoms with Gasteiger partial charge in [0.25, 0.3) is 5.91 Å². The zero-order valence-electron chi connectivity index (χ0n) is 11.2. The van der Waals surface area contributed by atoms with Crippen LogP contribution in [0, 0.1) is 19.7 Å². The molecular weight excluding hydrogens is 301 g/mol. The molecule has 2 aromatic rings. The highest BCUT2D eigenvalue weighted by Gasteiger charge is 2.21. The number of aryl methyl sites for hydroxylation is 2. The standard InChI is InChI=1S/C12H12FN3O4S/c1-6-11(7(2)20-16-6)12(17)15-9-5-8(13)3-4-10(9)21(14,18)19/h3-5H,1-2H3,(H,15,17)(H2,14,18,19). The zero-order chi connectivity index (χ0) is 15.8. The van der Waals surface area contributed by atoms with Crippen molar-refractivity contribution in [3.63, 3.8) is 0 Å². The molecule has 9 heteroatoms. The van der Waals surface area contributed by atoms with Crippen LogP contribution < -0.4 is 10.5 Å². The molecule has 1 aromatic carbocycles. The van der Waals surface area contributed by atoms with E-state index in [2.05, 4.69) is 10.5 Å². The van der Waals surface area contributed by atoms with Crippen LogP contribution in [0.25, 0.3) is 0 Å². The van der Waals surface area contributed by atoms with E-state index in [0.717, 1.165) is 18.2 Å². The van der Waals surface area contributed by atoms with Crippen molar-refractivity contribution in [2.45, 2.75) is 18.7 Å². The summed E-state index contributed by atoms with van der Waals surface area (Å²) in [6.45, 7) is 3.08. The third-order valence-electron chi connectivity index (χ3n) is 2.76. The van der Waals surface area contributed by atoms with Gasteiger partial charge in [-0.2, -0.15) is 0 Å². The van der Waals surface area contributed by atoms with Gasteiger partial charge >= 0.3 is 0 Å². The third-order valence-corrected chi connectivity index (χ3v) is 3.73. The summed E-state index contributed by atoms with van der Waals surface area (Å²) in [5.74, 6) is -1.11. The van der Waals surface area contributed by atoms with E-state index in [4.69, 9.17) is 9.66 Å². The van der Waals surface area contributed by atoms with Crippen LogP contribution in [0.2, 0.25) is 0 Å². The molecule has 3 N–H and O–H groups in total.